The Morgan fingerprint density at radius 1 is 1.18 bits per heavy atom. The second-order valence-electron chi connectivity index (χ2n) is 9.08. The topological polar surface area (TPSA) is 70.0 Å². The number of benzene rings is 1. The molecule has 0 radical (unpaired) electrons. The Morgan fingerprint density at radius 2 is 1.90 bits per heavy atom. The largest absolute Gasteiger partial charge is 0.495 e. The van der Waals surface area contributed by atoms with E-state index in [2.05, 4.69) is 39.7 Å². The van der Waals surface area contributed by atoms with Gasteiger partial charge in [-0.1, -0.05) is 17.9 Å². The van der Waals surface area contributed by atoms with Crippen molar-refractivity contribution in [3.05, 3.63) is 53.7 Å². The molecular weight excluding hydrogens is 527 g/mol. The highest BCUT2D eigenvalue weighted by atomic mass is 32.2. The highest BCUT2D eigenvalue weighted by Crippen LogP contribution is 2.40. The molecule has 4 rings (SSSR count). The van der Waals surface area contributed by atoms with Gasteiger partial charge in [-0.15, -0.1) is 0 Å². The third kappa shape index (κ3) is 8.76. The summed E-state index contributed by atoms with van der Waals surface area (Å²) in [6, 6.07) is 11.5. The Labute approximate surface area is 231 Å². The lowest BCUT2D eigenvalue weighted by Crippen LogP contribution is -2.36. The lowest BCUT2D eigenvalue weighted by atomic mass is 10.1. The number of pyridine rings is 1. The van der Waals surface area contributed by atoms with Crippen LogP contribution in [0.15, 0.2) is 47.6 Å². The first-order chi connectivity index (χ1) is 18.6. The van der Waals surface area contributed by atoms with Crippen molar-refractivity contribution in [2.45, 2.75) is 36.3 Å². The summed E-state index contributed by atoms with van der Waals surface area (Å²) in [7, 11) is 5.25. The molecule has 210 valence electrons. The molecule has 0 atom stereocenters. The third-order valence-corrected chi connectivity index (χ3v) is 6.96. The van der Waals surface area contributed by atoms with Crippen molar-refractivity contribution in [3.8, 4) is 17.6 Å². The van der Waals surface area contributed by atoms with Gasteiger partial charge in [0, 0.05) is 31.0 Å². The van der Waals surface area contributed by atoms with Crippen molar-refractivity contribution in [1.82, 2.24) is 14.6 Å². The molecule has 0 spiro atoms. The molecule has 3 aromatic rings. The molecule has 1 saturated heterocycles. The van der Waals surface area contributed by atoms with Crippen molar-refractivity contribution in [2.24, 2.45) is 0 Å². The summed E-state index contributed by atoms with van der Waals surface area (Å²) in [6.07, 6.45) is 4.26. The number of aromatic nitrogens is 1. The Morgan fingerprint density at radius 3 is 2.54 bits per heavy atom. The van der Waals surface area contributed by atoms with E-state index < -0.39 is 5.51 Å². The number of nitrogens with one attached hydrogen (secondary N) is 3. The number of fused-ring (bicyclic) bond motifs is 1. The Balaban J connectivity index is 0.000000983. The normalized spacial score (nSPS) is 14.0. The number of carbonyl (C=O) groups is 1. The minimum Gasteiger partial charge on any atom is -0.495 e. The first-order valence-corrected chi connectivity index (χ1v) is 13.3. The Bertz CT molecular complexity index is 1310. The summed E-state index contributed by atoms with van der Waals surface area (Å²) in [5.41, 5.74) is -0.706. The highest BCUT2D eigenvalue weighted by Gasteiger charge is 2.32. The number of thioether (sulfide) groups is 1. The number of aryl methyl sites for hydroxylation is 1. The lowest BCUT2D eigenvalue weighted by molar-refractivity contribution is -0.109. The van der Waals surface area contributed by atoms with Gasteiger partial charge in [0.15, 0.2) is 0 Å². The van der Waals surface area contributed by atoms with Gasteiger partial charge in [0.05, 0.1) is 36.1 Å². The average molecular weight is 562 g/mol. The number of piperidine rings is 1. The number of carbonyl (C=O) groups excluding carboxylic acids is 1. The van der Waals surface area contributed by atoms with E-state index in [1.807, 2.05) is 31.2 Å². The molecule has 3 N–H and O–H groups in total. The van der Waals surface area contributed by atoms with Gasteiger partial charge in [-0.25, -0.2) is 0 Å². The Kier molecular flexibility index (Phi) is 10.8. The SMILES string of the molecule is CNC=O.COc1ccc(C)cc1NCC#Cc1cc2c(NC3CCN(C)CC3)cccn2c1SC(F)(F)F. The van der Waals surface area contributed by atoms with E-state index in [-0.39, 0.29) is 29.4 Å². The van der Waals surface area contributed by atoms with Gasteiger partial charge in [-0.05, 0) is 75.8 Å². The molecule has 7 nitrogen and oxygen atoms in total. The van der Waals surface area contributed by atoms with E-state index >= 15 is 0 Å². The number of alkyl halides is 3. The number of amides is 1. The van der Waals surface area contributed by atoms with E-state index in [1.54, 1.807) is 36.9 Å². The van der Waals surface area contributed by atoms with Crippen molar-refractivity contribution in [1.29, 1.82) is 0 Å². The fraction of sp³-hybridized carbons (Fsp3) is 0.393. The number of anilines is 2. The summed E-state index contributed by atoms with van der Waals surface area (Å²) in [4.78, 5) is 11.3. The van der Waals surface area contributed by atoms with Gasteiger partial charge in [-0.3, -0.25) is 4.79 Å². The number of methoxy groups -OCH3 is 1. The van der Waals surface area contributed by atoms with Crippen LogP contribution >= 0.6 is 11.8 Å². The maximum absolute atomic E-state index is 13.4. The number of hydrogen-bond acceptors (Lipinski definition) is 6. The van der Waals surface area contributed by atoms with Crippen molar-refractivity contribution in [2.75, 3.05) is 51.5 Å². The summed E-state index contributed by atoms with van der Waals surface area (Å²) >= 11 is -0.133. The van der Waals surface area contributed by atoms with Crippen LogP contribution in [0.5, 0.6) is 5.75 Å². The zero-order chi connectivity index (χ0) is 28.4. The zero-order valence-corrected chi connectivity index (χ0v) is 23.3. The van der Waals surface area contributed by atoms with E-state index in [9.17, 15) is 13.2 Å². The molecule has 0 bridgehead atoms. The van der Waals surface area contributed by atoms with E-state index in [4.69, 9.17) is 9.53 Å². The quantitative estimate of drug-likeness (QED) is 0.209. The standard InChI is InChI=1S/C26H29F3N4OS.C2H5NO/c1-18-8-9-24(34-3)22(16-18)30-12-4-6-19-17-23-21(31-20-10-14-32(2)15-11-20)7-5-13-33(23)25(19)35-26(27,28)29;1-3-2-4/h5,7-9,13,16-17,20,30-31H,10-12,14-15H2,1-3H3;2H,1H3,(H,3,4). The van der Waals surface area contributed by atoms with E-state index in [1.165, 1.54) is 0 Å². The van der Waals surface area contributed by atoms with Gasteiger partial charge in [-0.2, -0.15) is 13.2 Å². The number of halogens is 3. The molecule has 39 heavy (non-hydrogen) atoms. The van der Waals surface area contributed by atoms with Crippen LogP contribution in [-0.2, 0) is 4.79 Å². The number of ether oxygens (including phenoxy) is 1. The van der Waals surface area contributed by atoms with Crippen LogP contribution in [-0.4, -0.2) is 68.1 Å². The van der Waals surface area contributed by atoms with Crippen LogP contribution in [0.1, 0.15) is 24.0 Å². The predicted octanol–water partition coefficient (Wildman–Crippen LogP) is 5.20. The van der Waals surface area contributed by atoms with Gasteiger partial charge in [0.25, 0.3) is 0 Å². The molecule has 11 heteroatoms. The second kappa shape index (κ2) is 14.1. The average Bonchev–Trinajstić information content (AvgIpc) is 3.25. The maximum Gasteiger partial charge on any atom is 0.447 e. The molecule has 1 aliphatic rings. The van der Waals surface area contributed by atoms with Crippen LogP contribution in [0.3, 0.4) is 0 Å². The van der Waals surface area contributed by atoms with Gasteiger partial charge in [0.2, 0.25) is 6.41 Å². The lowest BCUT2D eigenvalue weighted by Gasteiger charge is -2.30. The fourth-order valence-electron chi connectivity index (χ4n) is 4.21. The molecule has 1 aliphatic heterocycles. The third-order valence-electron chi connectivity index (χ3n) is 6.12. The van der Waals surface area contributed by atoms with Crippen LogP contribution in [0.4, 0.5) is 24.5 Å². The molecule has 1 aromatic carbocycles. The maximum atomic E-state index is 13.4. The summed E-state index contributed by atoms with van der Waals surface area (Å²) in [6.45, 7) is 4.22. The minimum absolute atomic E-state index is 0.0696. The number of hydrogen-bond donors (Lipinski definition) is 3. The fourth-order valence-corrected chi connectivity index (χ4v) is 4.91. The number of likely N-dealkylation sites (tertiary alicyclic amines) is 1. The van der Waals surface area contributed by atoms with Gasteiger partial charge in [0.1, 0.15) is 10.8 Å². The summed E-state index contributed by atoms with van der Waals surface area (Å²) in [5, 5.41) is 9.06. The van der Waals surface area contributed by atoms with Crippen molar-refractivity contribution < 1.29 is 22.7 Å². The molecule has 1 fully saturated rings. The number of nitrogens with zero attached hydrogens (tertiary/aromatic N) is 2. The monoisotopic (exact) mass is 561 g/mol. The van der Waals surface area contributed by atoms with Crippen LogP contribution < -0.4 is 20.7 Å². The molecule has 0 saturated carbocycles. The van der Waals surface area contributed by atoms with E-state index in [0.717, 1.165) is 42.9 Å². The first-order valence-electron chi connectivity index (χ1n) is 12.5. The second-order valence-corrected chi connectivity index (χ2v) is 10.1. The van der Waals surface area contributed by atoms with Crippen molar-refractivity contribution in [3.63, 3.8) is 0 Å². The smallest absolute Gasteiger partial charge is 0.447 e. The van der Waals surface area contributed by atoms with E-state index in [0.29, 0.717) is 23.2 Å². The molecular formula is C28H34F3N5O2S. The molecule has 0 aliphatic carbocycles. The summed E-state index contributed by atoms with van der Waals surface area (Å²) < 4.78 is 47.2. The number of rotatable bonds is 7. The molecule has 2 aromatic heterocycles. The van der Waals surface area contributed by atoms with Crippen LogP contribution in [0.25, 0.3) is 5.52 Å². The minimum atomic E-state index is -4.42. The van der Waals surface area contributed by atoms with Crippen LogP contribution in [0, 0.1) is 18.8 Å². The van der Waals surface area contributed by atoms with Crippen molar-refractivity contribution >= 4 is 35.1 Å². The highest BCUT2D eigenvalue weighted by molar-refractivity contribution is 8.00. The first kappa shape index (κ1) is 30.1. The van der Waals surface area contributed by atoms with Crippen LogP contribution in [0.2, 0.25) is 0 Å². The molecule has 1 amide bonds. The van der Waals surface area contributed by atoms with Gasteiger partial charge >= 0.3 is 5.51 Å². The van der Waals surface area contributed by atoms with Gasteiger partial charge < -0.3 is 30.0 Å². The zero-order valence-electron chi connectivity index (χ0n) is 22.5. The molecule has 3 heterocycles. The molecule has 0 unspecified atom stereocenters. The Hall–Kier alpha value is -3.49. The summed E-state index contributed by atoms with van der Waals surface area (Å²) in [5.74, 6) is 6.62. The predicted molar refractivity (Wildman–Crippen MR) is 152 cm³/mol.